The normalized spacial score (nSPS) is 11.8. The van der Waals surface area contributed by atoms with Gasteiger partial charge in [-0.05, 0) is 61.7 Å². The van der Waals surface area contributed by atoms with Gasteiger partial charge in [-0.3, -0.25) is 10.1 Å². The molecule has 0 fully saturated rings. The van der Waals surface area contributed by atoms with Gasteiger partial charge < -0.3 is 4.74 Å². The van der Waals surface area contributed by atoms with E-state index >= 15 is 0 Å². The third kappa shape index (κ3) is 4.17. The molecule has 4 nitrogen and oxygen atoms in total. The van der Waals surface area contributed by atoms with Crippen LogP contribution in [0, 0.1) is 0 Å². The molecule has 0 aliphatic rings. The zero-order valence-electron chi connectivity index (χ0n) is 15.2. The van der Waals surface area contributed by atoms with Gasteiger partial charge in [-0.2, -0.15) is 0 Å². The number of ether oxygens (including phenoxy) is 1. The summed E-state index contributed by atoms with van der Waals surface area (Å²) in [5.74, 6) is 0.780. The van der Waals surface area contributed by atoms with Gasteiger partial charge in [0.1, 0.15) is 5.75 Å². The Morgan fingerprint density at radius 2 is 1.88 bits per heavy atom. The maximum Gasteiger partial charge on any atom is 0.269 e. The molecule has 0 saturated carbocycles. The van der Waals surface area contributed by atoms with Crippen LogP contribution < -0.4 is 10.1 Å². The topological polar surface area (TPSA) is 51.2 Å². The molecule has 0 atom stereocenters. The Kier molecular flexibility index (Phi) is 5.21. The molecule has 6 heteroatoms. The Bertz CT molecular complexity index is 933. The van der Waals surface area contributed by atoms with E-state index in [4.69, 9.17) is 16.3 Å². The summed E-state index contributed by atoms with van der Waals surface area (Å²) < 4.78 is 6.88. The Morgan fingerprint density at radius 3 is 2.54 bits per heavy atom. The van der Waals surface area contributed by atoms with E-state index in [0.717, 1.165) is 10.2 Å². The molecular formula is C20H21ClN2O2S. The molecule has 1 N–H and O–H groups in total. The summed E-state index contributed by atoms with van der Waals surface area (Å²) in [6.07, 6.45) is 0. The number of carbonyl (C=O) groups excluding carboxylic acids is 1. The van der Waals surface area contributed by atoms with Crippen LogP contribution in [0.25, 0.3) is 10.2 Å². The van der Waals surface area contributed by atoms with Gasteiger partial charge in [0.05, 0.1) is 10.2 Å². The molecule has 3 rings (SSSR count). The summed E-state index contributed by atoms with van der Waals surface area (Å²) in [7, 11) is 0. The highest BCUT2D eigenvalue weighted by Crippen LogP contribution is 2.30. The SMILES string of the molecule is CC(C)c1ccc2nc(NC(=O)C(C)(C)Oc3ccc(Cl)cc3)sc2c1. The van der Waals surface area contributed by atoms with Gasteiger partial charge in [0.2, 0.25) is 0 Å². The van der Waals surface area contributed by atoms with Crippen LogP contribution in [0.15, 0.2) is 42.5 Å². The molecule has 3 aromatic rings. The van der Waals surface area contributed by atoms with Crippen LogP contribution in [0.3, 0.4) is 0 Å². The van der Waals surface area contributed by atoms with Crippen molar-refractivity contribution in [1.29, 1.82) is 0 Å². The van der Waals surface area contributed by atoms with Gasteiger partial charge in [-0.15, -0.1) is 0 Å². The highest BCUT2D eigenvalue weighted by molar-refractivity contribution is 7.22. The quantitative estimate of drug-likeness (QED) is 0.594. The lowest BCUT2D eigenvalue weighted by Crippen LogP contribution is -2.42. The Balaban J connectivity index is 1.75. The number of amides is 1. The van der Waals surface area contributed by atoms with Crippen LogP contribution in [0.2, 0.25) is 5.02 Å². The largest absolute Gasteiger partial charge is 0.478 e. The number of benzene rings is 2. The van der Waals surface area contributed by atoms with E-state index in [-0.39, 0.29) is 5.91 Å². The zero-order chi connectivity index (χ0) is 18.9. The Morgan fingerprint density at radius 1 is 1.19 bits per heavy atom. The van der Waals surface area contributed by atoms with Crippen LogP contribution in [-0.2, 0) is 4.79 Å². The molecular weight excluding hydrogens is 368 g/mol. The molecule has 0 spiro atoms. The number of hydrogen-bond acceptors (Lipinski definition) is 4. The lowest BCUT2D eigenvalue weighted by atomic mass is 10.0. The molecule has 1 aromatic heterocycles. The van der Waals surface area contributed by atoms with E-state index in [2.05, 4.69) is 36.3 Å². The van der Waals surface area contributed by atoms with Crippen molar-refractivity contribution in [3.63, 3.8) is 0 Å². The van der Waals surface area contributed by atoms with Crippen molar-refractivity contribution >= 4 is 44.2 Å². The van der Waals surface area contributed by atoms with Crippen LogP contribution in [0.4, 0.5) is 5.13 Å². The monoisotopic (exact) mass is 388 g/mol. The molecule has 26 heavy (non-hydrogen) atoms. The summed E-state index contributed by atoms with van der Waals surface area (Å²) in [6, 6.07) is 13.1. The minimum atomic E-state index is -1.05. The second-order valence-corrected chi connectivity index (χ2v) is 8.39. The number of aromatic nitrogens is 1. The number of fused-ring (bicyclic) bond motifs is 1. The first-order valence-electron chi connectivity index (χ1n) is 8.41. The second-order valence-electron chi connectivity index (χ2n) is 6.92. The minimum Gasteiger partial charge on any atom is -0.478 e. The van der Waals surface area contributed by atoms with Crippen molar-refractivity contribution in [3.05, 3.63) is 53.1 Å². The number of nitrogens with one attached hydrogen (secondary N) is 1. The number of anilines is 1. The fourth-order valence-electron chi connectivity index (χ4n) is 2.45. The summed E-state index contributed by atoms with van der Waals surface area (Å²) in [6.45, 7) is 7.76. The maximum atomic E-state index is 12.7. The molecule has 2 aromatic carbocycles. The second kappa shape index (κ2) is 7.25. The van der Waals surface area contributed by atoms with Crippen LogP contribution in [-0.4, -0.2) is 16.5 Å². The van der Waals surface area contributed by atoms with Gasteiger partial charge in [-0.25, -0.2) is 4.98 Å². The molecule has 0 radical (unpaired) electrons. The first-order valence-corrected chi connectivity index (χ1v) is 9.60. The minimum absolute atomic E-state index is 0.254. The number of halogens is 1. The van der Waals surface area contributed by atoms with E-state index < -0.39 is 5.60 Å². The first-order chi connectivity index (χ1) is 12.2. The highest BCUT2D eigenvalue weighted by Gasteiger charge is 2.30. The molecule has 0 unspecified atom stereocenters. The number of rotatable bonds is 5. The highest BCUT2D eigenvalue weighted by atomic mass is 35.5. The predicted octanol–water partition coefficient (Wildman–Crippen LogP) is 5.87. The van der Waals surface area contributed by atoms with Crippen molar-refractivity contribution < 1.29 is 9.53 Å². The summed E-state index contributed by atoms with van der Waals surface area (Å²) in [5.41, 5.74) is 1.09. The molecule has 0 saturated heterocycles. The average Bonchev–Trinajstić information content (AvgIpc) is 2.98. The van der Waals surface area contributed by atoms with Crippen molar-refractivity contribution in [1.82, 2.24) is 4.98 Å². The Hall–Kier alpha value is -2.11. The van der Waals surface area contributed by atoms with Gasteiger partial charge in [0.15, 0.2) is 10.7 Å². The predicted molar refractivity (Wildman–Crippen MR) is 108 cm³/mol. The summed E-state index contributed by atoms with van der Waals surface area (Å²) in [4.78, 5) is 17.2. The van der Waals surface area contributed by atoms with Crippen LogP contribution in [0.5, 0.6) is 5.75 Å². The molecule has 1 heterocycles. The molecule has 0 bridgehead atoms. The molecule has 0 aliphatic carbocycles. The van der Waals surface area contributed by atoms with E-state index in [1.807, 2.05) is 6.07 Å². The molecule has 0 aliphatic heterocycles. The third-order valence-corrected chi connectivity index (χ3v) is 5.22. The number of carbonyl (C=O) groups is 1. The standard InChI is InChI=1S/C20H21ClN2O2S/c1-12(2)13-5-10-16-17(11-13)26-19(22-16)23-18(24)20(3,4)25-15-8-6-14(21)7-9-15/h5-12H,1-4H3,(H,22,23,24). The van der Waals surface area contributed by atoms with Crippen molar-refractivity contribution in [2.45, 2.75) is 39.2 Å². The Labute approximate surface area is 162 Å². The zero-order valence-corrected chi connectivity index (χ0v) is 16.7. The average molecular weight is 389 g/mol. The van der Waals surface area contributed by atoms with Crippen molar-refractivity contribution in [2.75, 3.05) is 5.32 Å². The fourth-order valence-corrected chi connectivity index (χ4v) is 3.48. The van der Waals surface area contributed by atoms with E-state index in [1.54, 1.807) is 38.1 Å². The van der Waals surface area contributed by atoms with E-state index in [0.29, 0.717) is 21.8 Å². The van der Waals surface area contributed by atoms with Crippen molar-refractivity contribution in [2.24, 2.45) is 0 Å². The lowest BCUT2D eigenvalue weighted by Gasteiger charge is -2.24. The number of hydrogen-bond donors (Lipinski definition) is 1. The fraction of sp³-hybridized carbons (Fsp3) is 0.300. The lowest BCUT2D eigenvalue weighted by molar-refractivity contribution is -0.128. The van der Waals surface area contributed by atoms with Gasteiger partial charge in [-0.1, -0.05) is 42.9 Å². The smallest absolute Gasteiger partial charge is 0.269 e. The van der Waals surface area contributed by atoms with Gasteiger partial charge >= 0.3 is 0 Å². The van der Waals surface area contributed by atoms with Gasteiger partial charge in [0, 0.05) is 5.02 Å². The van der Waals surface area contributed by atoms with Gasteiger partial charge in [0.25, 0.3) is 5.91 Å². The van der Waals surface area contributed by atoms with Crippen molar-refractivity contribution in [3.8, 4) is 5.75 Å². The number of nitrogens with zero attached hydrogens (tertiary/aromatic N) is 1. The van der Waals surface area contributed by atoms with E-state index in [9.17, 15) is 4.79 Å². The molecule has 136 valence electrons. The van der Waals surface area contributed by atoms with Crippen LogP contribution in [0.1, 0.15) is 39.2 Å². The summed E-state index contributed by atoms with van der Waals surface area (Å²) >= 11 is 7.35. The third-order valence-electron chi connectivity index (χ3n) is 4.03. The van der Waals surface area contributed by atoms with E-state index in [1.165, 1.54) is 16.9 Å². The van der Waals surface area contributed by atoms with Crippen LogP contribution >= 0.6 is 22.9 Å². The maximum absolute atomic E-state index is 12.7. The number of thiazole rings is 1. The first kappa shape index (κ1) is 18.7. The summed E-state index contributed by atoms with van der Waals surface area (Å²) in [5, 5.41) is 4.06. The molecule has 1 amide bonds.